The second-order valence-corrected chi connectivity index (χ2v) is 5.93. The molecule has 5 heteroatoms. The maximum absolute atomic E-state index is 5.95. The minimum atomic E-state index is 0.581. The lowest BCUT2D eigenvalue weighted by Gasteiger charge is -2.11. The first-order valence-electron chi connectivity index (χ1n) is 6.15. The molecule has 0 aliphatic heterocycles. The van der Waals surface area contributed by atoms with Gasteiger partial charge in [0, 0.05) is 17.5 Å². The third-order valence-electron chi connectivity index (χ3n) is 3.60. The molecule has 0 radical (unpaired) electrons. The van der Waals surface area contributed by atoms with E-state index < -0.39 is 0 Å². The van der Waals surface area contributed by atoms with Gasteiger partial charge in [-0.15, -0.1) is 0 Å². The third kappa shape index (κ3) is 2.19. The van der Waals surface area contributed by atoms with Crippen LogP contribution in [0.2, 0.25) is 0 Å². The minimum Gasteiger partial charge on any atom is -0.383 e. The van der Waals surface area contributed by atoms with Gasteiger partial charge in [-0.25, -0.2) is 9.97 Å². The van der Waals surface area contributed by atoms with Crippen molar-refractivity contribution in [2.45, 2.75) is 39.0 Å². The number of anilines is 1. The monoisotopic (exact) mass is 264 g/mol. The van der Waals surface area contributed by atoms with Gasteiger partial charge in [-0.1, -0.05) is 6.92 Å². The highest BCUT2D eigenvalue weighted by Gasteiger charge is 2.15. The maximum Gasteiger partial charge on any atom is 0.145 e. The predicted octanol–water partition coefficient (Wildman–Crippen LogP) is 2.77. The third-order valence-corrected chi connectivity index (χ3v) is 4.64. The number of thioether (sulfide) groups is 1. The van der Waals surface area contributed by atoms with Crippen molar-refractivity contribution >= 4 is 28.6 Å². The van der Waals surface area contributed by atoms with Crippen molar-refractivity contribution in [1.82, 2.24) is 14.5 Å². The molecule has 0 aliphatic carbocycles. The molecule has 18 heavy (non-hydrogen) atoms. The summed E-state index contributed by atoms with van der Waals surface area (Å²) < 4.78 is 2.26. The molecule has 1 atom stereocenters. The standard InChI is InChI=1S/C13H20N4S/c1-8(18-4)5-6-17-10(3)9(2)11-12(14)15-7-16-13(11)17/h7-8H,5-6H2,1-4H3,(H2,14,15,16). The van der Waals surface area contributed by atoms with Crippen molar-refractivity contribution < 1.29 is 0 Å². The lowest BCUT2D eigenvalue weighted by atomic mass is 10.2. The minimum absolute atomic E-state index is 0.581. The van der Waals surface area contributed by atoms with E-state index in [2.05, 4.69) is 41.6 Å². The number of nitrogens with zero attached hydrogens (tertiary/aromatic N) is 3. The van der Waals surface area contributed by atoms with Gasteiger partial charge in [-0.05, 0) is 32.1 Å². The molecule has 98 valence electrons. The van der Waals surface area contributed by atoms with Crippen LogP contribution in [0.15, 0.2) is 6.33 Å². The van der Waals surface area contributed by atoms with Gasteiger partial charge in [0.1, 0.15) is 17.8 Å². The van der Waals surface area contributed by atoms with Gasteiger partial charge in [-0.2, -0.15) is 11.8 Å². The van der Waals surface area contributed by atoms with E-state index in [1.807, 2.05) is 11.8 Å². The van der Waals surface area contributed by atoms with Crippen LogP contribution in [0.3, 0.4) is 0 Å². The van der Waals surface area contributed by atoms with E-state index in [0.29, 0.717) is 11.1 Å². The van der Waals surface area contributed by atoms with Crippen LogP contribution >= 0.6 is 11.8 Å². The van der Waals surface area contributed by atoms with Crippen LogP contribution in [0.1, 0.15) is 24.6 Å². The first kappa shape index (κ1) is 13.2. The number of rotatable bonds is 4. The molecular formula is C13H20N4S. The number of nitrogens with two attached hydrogens (primary N) is 1. The Bertz CT molecular complexity index is 562. The summed E-state index contributed by atoms with van der Waals surface area (Å²) >= 11 is 1.89. The lowest BCUT2D eigenvalue weighted by molar-refractivity contribution is 0.640. The molecule has 0 aromatic carbocycles. The van der Waals surface area contributed by atoms with Gasteiger partial charge < -0.3 is 10.3 Å². The van der Waals surface area contributed by atoms with Crippen LogP contribution in [-0.2, 0) is 6.54 Å². The molecule has 4 nitrogen and oxygen atoms in total. The zero-order valence-corrected chi connectivity index (χ0v) is 12.2. The highest BCUT2D eigenvalue weighted by atomic mass is 32.2. The molecule has 2 heterocycles. The summed E-state index contributed by atoms with van der Waals surface area (Å²) in [6.45, 7) is 7.45. The number of hydrogen-bond donors (Lipinski definition) is 1. The summed E-state index contributed by atoms with van der Waals surface area (Å²) in [6, 6.07) is 0. The second kappa shape index (κ2) is 5.18. The molecule has 2 aromatic heterocycles. The normalized spacial score (nSPS) is 13.1. The summed E-state index contributed by atoms with van der Waals surface area (Å²) in [5.74, 6) is 0.581. The number of aryl methyl sites for hydroxylation is 2. The van der Waals surface area contributed by atoms with E-state index in [9.17, 15) is 0 Å². The van der Waals surface area contributed by atoms with Crippen molar-refractivity contribution in [1.29, 1.82) is 0 Å². The fourth-order valence-corrected chi connectivity index (χ4v) is 2.54. The average Bonchev–Trinajstić information content (AvgIpc) is 2.61. The van der Waals surface area contributed by atoms with Crippen LogP contribution in [0.4, 0.5) is 5.82 Å². The molecule has 2 rings (SSSR count). The topological polar surface area (TPSA) is 56.7 Å². The fraction of sp³-hybridized carbons (Fsp3) is 0.538. The molecule has 2 N–H and O–H groups in total. The van der Waals surface area contributed by atoms with E-state index in [1.54, 1.807) is 6.33 Å². The Morgan fingerprint density at radius 3 is 2.78 bits per heavy atom. The Kier molecular flexibility index (Phi) is 3.80. The summed E-state index contributed by atoms with van der Waals surface area (Å²) in [5.41, 5.74) is 9.35. The highest BCUT2D eigenvalue weighted by Crippen LogP contribution is 2.27. The van der Waals surface area contributed by atoms with Gasteiger partial charge >= 0.3 is 0 Å². The highest BCUT2D eigenvalue weighted by molar-refractivity contribution is 7.99. The average molecular weight is 264 g/mol. The van der Waals surface area contributed by atoms with Gasteiger partial charge in [-0.3, -0.25) is 0 Å². The summed E-state index contributed by atoms with van der Waals surface area (Å²) in [6.07, 6.45) is 4.83. The Balaban J connectivity index is 2.44. The van der Waals surface area contributed by atoms with Crippen LogP contribution in [0.5, 0.6) is 0 Å². The summed E-state index contributed by atoms with van der Waals surface area (Å²) in [4.78, 5) is 8.48. The molecule has 0 saturated carbocycles. The van der Waals surface area contributed by atoms with Crippen LogP contribution in [-0.4, -0.2) is 26.0 Å². The Morgan fingerprint density at radius 1 is 1.39 bits per heavy atom. The van der Waals surface area contributed by atoms with Crippen LogP contribution in [0.25, 0.3) is 11.0 Å². The summed E-state index contributed by atoms with van der Waals surface area (Å²) in [5, 5.41) is 1.66. The quantitative estimate of drug-likeness (QED) is 0.922. The van der Waals surface area contributed by atoms with Crippen molar-refractivity contribution in [2.24, 2.45) is 0 Å². The van der Waals surface area contributed by atoms with Crippen molar-refractivity contribution in [2.75, 3.05) is 12.0 Å². The number of hydrogen-bond acceptors (Lipinski definition) is 4. The van der Waals surface area contributed by atoms with E-state index in [4.69, 9.17) is 5.73 Å². The molecule has 0 bridgehead atoms. The second-order valence-electron chi connectivity index (χ2n) is 4.65. The zero-order valence-electron chi connectivity index (χ0n) is 11.4. The van der Waals surface area contributed by atoms with Crippen LogP contribution < -0.4 is 5.73 Å². The van der Waals surface area contributed by atoms with E-state index in [-0.39, 0.29) is 0 Å². The smallest absolute Gasteiger partial charge is 0.145 e. The fourth-order valence-electron chi connectivity index (χ4n) is 2.20. The van der Waals surface area contributed by atoms with Gasteiger partial charge in [0.05, 0.1) is 5.39 Å². The van der Waals surface area contributed by atoms with Crippen molar-refractivity contribution in [3.05, 3.63) is 17.6 Å². The van der Waals surface area contributed by atoms with E-state index >= 15 is 0 Å². The Morgan fingerprint density at radius 2 is 2.11 bits per heavy atom. The molecule has 0 spiro atoms. The van der Waals surface area contributed by atoms with E-state index in [0.717, 1.165) is 24.0 Å². The van der Waals surface area contributed by atoms with Crippen molar-refractivity contribution in [3.8, 4) is 0 Å². The first-order chi connectivity index (χ1) is 8.56. The zero-order chi connectivity index (χ0) is 13.3. The number of fused-ring (bicyclic) bond motifs is 1. The van der Waals surface area contributed by atoms with Crippen molar-refractivity contribution in [3.63, 3.8) is 0 Å². The molecule has 0 amide bonds. The van der Waals surface area contributed by atoms with Gasteiger partial charge in [0.15, 0.2) is 0 Å². The summed E-state index contributed by atoms with van der Waals surface area (Å²) in [7, 11) is 0. The Labute approximate surface area is 112 Å². The number of aromatic nitrogens is 3. The molecular weight excluding hydrogens is 244 g/mol. The predicted molar refractivity (Wildman–Crippen MR) is 79.0 cm³/mol. The maximum atomic E-state index is 5.95. The van der Waals surface area contributed by atoms with E-state index in [1.165, 1.54) is 11.3 Å². The number of nitrogen functional groups attached to an aromatic ring is 1. The molecule has 1 unspecified atom stereocenters. The molecule has 0 saturated heterocycles. The lowest BCUT2D eigenvalue weighted by Crippen LogP contribution is -2.07. The SMILES string of the molecule is CSC(C)CCn1c(C)c(C)c2c(N)ncnc21. The molecule has 0 fully saturated rings. The molecule has 0 aliphatic rings. The van der Waals surface area contributed by atoms with Gasteiger partial charge in [0.2, 0.25) is 0 Å². The largest absolute Gasteiger partial charge is 0.383 e. The molecule has 2 aromatic rings. The first-order valence-corrected chi connectivity index (χ1v) is 7.43. The van der Waals surface area contributed by atoms with Crippen LogP contribution in [0, 0.1) is 13.8 Å². The Hall–Kier alpha value is -1.23. The van der Waals surface area contributed by atoms with Gasteiger partial charge in [0.25, 0.3) is 0 Å².